The lowest BCUT2D eigenvalue weighted by Crippen LogP contribution is -2.36. The summed E-state index contributed by atoms with van der Waals surface area (Å²) in [5.74, 6) is 8.38. The van der Waals surface area contributed by atoms with Crippen molar-refractivity contribution in [1.82, 2.24) is 0 Å². The Hall–Kier alpha value is -1.59. The molecule has 0 aliphatic heterocycles. The van der Waals surface area contributed by atoms with Gasteiger partial charge in [0.25, 0.3) is 0 Å². The third-order valence-corrected chi connectivity index (χ3v) is 3.55. The number of unbranched alkanes of at least 4 members (excludes halogenated alkanes) is 4. The van der Waals surface area contributed by atoms with Crippen molar-refractivity contribution in [3.05, 3.63) is 12.7 Å². The van der Waals surface area contributed by atoms with Gasteiger partial charge in [0, 0.05) is 0 Å². The first-order chi connectivity index (χ1) is 10.9. The lowest BCUT2D eigenvalue weighted by molar-refractivity contribution is -0.127. The maximum absolute atomic E-state index is 11.7. The summed E-state index contributed by atoms with van der Waals surface area (Å²) in [7, 11) is 0. The van der Waals surface area contributed by atoms with Crippen LogP contribution in [0.1, 0.15) is 52.4 Å². The van der Waals surface area contributed by atoms with Gasteiger partial charge in [0.05, 0.1) is 12.0 Å². The molecule has 0 aromatic carbocycles. The molecule has 1 unspecified atom stereocenters. The molecule has 0 aromatic heterocycles. The molecule has 0 bridgehead atoms. The number of aliphatic hydroxyl groups excluding tert-OH is 3. The van der Waals surface area contributed by atoms with Gasteiger partial charge in [0.15, 0.2) is 0 Å². The average molecular weight is 320 g/mol. The fourth-order valence-electron chi connectivity index (χ4n) is 2.21. The van der Waals surface area contributed by atoms with E-state index >= 15 is 0 Å². The van der Waals surface area contributed by atoms with Crippen LogP contribution < -0.4 is 0 Å². The van der Waals surface area contributed by atoms with Gasteiger partial charge in [-0.25, -0.2) is 0 Å². The summed E-state index contributed by atoms with van der Waals surface area (Å²) >= 11 is 0. The second-order valence-electron chi connectivity index (χ2n) is 5.57. The Kier molecular flexibility index (Phi) is 12.0. The SMILES string of the molecule is C=CC(O)C#CC#C[C@@H](O)[C@@H](C(C)=O)[C@H](O)CCCCCCC. The smallest absolute Gasteiger partial charge is 0.139 e. The Morgan fingerprint density at radius 3 is 2.26 bits per heavy atom. The van der Waals surface area contributed by atoms with E-state index < -0.39 is 24.2 Å². The van der Waals surface area contributed by atoms with Crippen molar-refractivity contribution < 1.29 is 20.1 Å². The molecule has 0 aromatic rings. The molecule has 0 saturated heterocycles. The van der Waals surface area contributed by atoms with E-state index in [1.54, 1.807) is 0 Å². The second-order valence-corrected chi connectivity index (χ2v) is 5.57. The van der Waals surface area contributed by atoms with Crippen LogP contribution >= 0.6 is 0 Å². The highest BCUT2D eigenvalue weighted by atomic mass is 16.3. The Labute approximate surface area is 139 Å². The van der Waals surface area contributed by atoms with Crippen LogP contribution in [-0.4, -0.2) is 39.4 Å². The second kappa shape index (κ2) is 12.9. The fraction of sp³-hybridized carbons (Fsp3) is 0.632. The molecule has 3 N–H and O–H groups in total. The number of hydrogen-bond donors (Lipinski definition) is 3. The summed E-state index contributed by atoms with van der Waals surface area (Å²) in [5, 5.41) is 29.3. The van der Waals surface area contributed by atoms with E-state index in [4.69, 9.17) is 5.11 Å². The molecule has 23 heavy (non-hydrogen) atoms. The minimum Gasteiger partial charge on any atom is -0.392 e. The maximum atomic E-state index is 11.7. The van der Waals surface area contributed by atoms with Gasteiger partial charge in [-0.3, -0.25) is 4.79 Å². The van der Waals surface area contributed by atoms with Gasteiger partial charge in [0.1, 0.15) is 18.0 Å². The van der Waals surface area contributed by atoms with Crippen LogP contribution in [0.4, 0.5) is 0 Å². The van der Waals surface area contributed by atoms with E-state index in [1.807, 2.05) is 0 Å². The Balaban J connectivity index is 4.57. The standard InChI is InChI=1S/C19H28O4/c1-4-6-7-8-9-13-17(22)19(15(3)20)18(23)14-11-10-12-16(21)5-2/h5,16-19,21-23H,2,4,6-9,13H2,1,3H3/t16?,17-,18-,19+/m1/s1. The number of aliphatic hydroxyl groups is 3. The summed E-state index contributed by atoms with van der Waals surface area (Å²) < 4.78 is 0. The number of rotatable bonds is 10. The Morgan fingerprint density at radius 1 is 1.09 bits per heavy atom. The largest absolute Gasteiger partial charge is 0.392 e. The minimum absolute atomic E-state index is 0.299. The number of carbonyl (C=O) groups is 1. The van der Waals surface area contributed by atoms with Gasteiger partial charge in [-0.1, -0.05) is 63.5 Å². The zero-order valence-electron chi connectivity index (χ0n) is 14.1. The maximum Gasteiger partial charge on any atom is 0.139 e. The zero-order valence-corrected chi connectivity index (χ0v) is 14.1. The summed E-state index contributed by atoms with van der Waals surface area (Å²) in [6, 6.07) is 0. The summed E-state index contributed by atoms with van der Waals surface area (Å²) in [5.41, 5.74) is 0. The van der Waals surface area contributed by atoms with Crippen molar-refractivity contribution in [3.63, 3.8) is 0 Å². The van der Waals surface area contributed by atoms with Crippen LogP contribution in [0.15, 0.2) is 12.7 Å². The van der Waals surface area contributed by atoms with Crippen molar-refractivity contribution in [2.75, 3.05) is 0 Å². The van der Waals surface area contributed by atoms with Gasteiger partial charge in [-0.05, 0) is 25.2 Å². The summed E-state index contributed by atoms with van der Waals surface area (Å²) in [6.45, 7) is 6.84. The van der Waals surface area contributed by atoms with Gasteiger partial charge in [-0.15, -0.1) is 0 Å². The Bertz CT molecular complexity index is 475. The molecule has 4 atom stereocenters. The molecule has 0 saturated carbocycles. The van der Waals surface area contributed by atoms with Gasteiger partial charge in [-0.2, -0.15) is 0 Å². The van der Waals surface area contributed by atoms with Crippen molar-refractivity contribution in [2.24, 2.45) is 5.92 Å². The quantitative estimate of drug-likeness (QED) is 0.326. The van der Waals surface area contributed by atoms with Crippen LogP contribution in [0, 0.1) is 29.6 Å². The first-order valence-electron chi connectivity index (χ1n) is 8.12. The molecule has 0 aliphatic rings. The average Bonchev–Trinajstić information content (AvgIpc) is 2.50. The predicted octanol–water partition coefficient (Wildman–Crippen LogP) is 1.83. The highest BCUT2D eigenvalue weighted by molar-refractivity contribution is 5.80. The van der Waals surface area contributed by atoms with E-state index in [0.717, 1.165) is 32.1 Å². The minimum atomic E-state index is -1.27. The molecule has 0 radical (unpaired) electrons. The van der Waals surface area contributed by atoms with Gasteiger partial charge >= 0.3 is 0 Å². The van der Waals surface area contributed by atoms with E-state index in [1.165, 1.54) is 13.0 Å². The molecule has 128 valence electrons. The molecular weight excluding hydrogens is 292 g/mol. The molecule has 0 rings (SSSR count). The first-order valence-corrected chi connectivity index (χ1v) is 8.12. The molecule has 0 fully saturated rings. The van der Waals surface area contributed by atoms with Gasteiger partial charge in [0.2, 0.25) is 0 Å². The molecule has 0 heterocycles. The summed E-state index contributed by atoms with van der Waals surface area (Å²) in [6.07, 6.45) is 3.80. The normalized spacial score (nSPS) is 15.2. The van der Waals surface area contributed by atoms with E-state index in [0.29, 0.717) is 6.42 Å². The van der Waals surface area contributed by atoms with Crippen LogP contribution in [0.2, 0.25) is 0 Å². The molecular formula is C19H28O4. The number of carbonyl (C=O) groups excluding carboxylic acids is 1. The summed E-state index contributed by atoms with van der Waals surface area (Å²) in [4.78, 5) is 11.7. The molecule has 4 nitrogen and oxygen atoms in total. The number of Topliss-reactive ketones (excluding diaryl/α,β-unsaturated/α-hetero) is 1. The zero-order chi connectivity index (χ0) is 17.7. The van der Waals surface area contributed by atoms with Crippen LogP contribution in [-0.2, 0) is 4.79 Å². The van der Waals surface area contributed by atoms with Crippen LogP contribution in [0.5, 0.6) is 0 Å². The molecule has 4 heteroatoms. The molecule has 0 amide bonds. The number of hydrogen-bond acceptors (Lipinski definition) is 4. The highest BCUT2D eigenvalue weighted by Gasteiger charge is 2.29. The van der Waals surface area contributed by atoms with Gasteiger partial charge < -0.3 is 15.3 Å². The van der Waals surface area contributed by atoms with Crippen molar-refractivity contribution in [3.8, 4) is 23.7 Å². The van der Waals surface area contributed by atoms with E-state index in [2.05, 4.69) is 37.2 Å². The van der Waals surface area contributed by atoms with E-state index in [-0.39, 0.29) is 5.78 Å². The molecule has 0 spiro atoms. The fourth-order valence-corrected chi connectivity index (χ4v) is 2.21. The lowest BCUT2D eigenvalue weighted by Gasteiger charge is -2.22. The Morgan fingerprint density at radius 2 is 1.70 bits per heavy atom. The van der Waals surface area contributed by atoms with Crippen molar-refractivity contribution in [2.45, 2.75) is 70.7 Å². The third kappa shape index (κ3) is 9.92. The van der Waals surface area contributed by atoms with Crippen LogP contribution in [0.3, 0.4) is 0 Å². The van der Waals surface area contributed by atoms with Crippen molar-refractivity contribution in [1.29, 1.82) is 0 Å². The molecule has 0 aliphatic carbocycles. The highest BCUT2D eigenvalue weighted by Crippen LogP contribution is 2.17. The number of ketones is 1. The third-order valence-electron chi connectivity index (χ3n) is 3.55. The van der Waals surface area contributed by atoms with Crippen molar-refractivity contribution >= 4 is 5.78 Å². The van der Waals surface area contributed by atoms with Crippen LogP contribution in [0.25, 0.3) is 0 Å². The topological polar surface area (TPSA) is 77.8 Å². The predicted molar refractivity (Wildman–Crippen MR) is 91.3 cm³/mol. The lowest BCUT2D eigenvalue weighted by atomic mass is 9.89. The monoisotopic (exact) mass is 320 g/mol. The first kappa shape index (κ1) is 21.4. The van der Waals surface area contributed by atoms with E-state index in [9.17, 15) is 15.0 Å².